The zero-order valence-electron chi connectivity index (χ0n) is 27.2. The standard InChI is InChI=1S/C36H42N2O6SSi/c1-27-11-18-34(43-26-29-12-15-32(42-2)16-13-29)31(21-27)22-30-14-17-33(35(23-30)44-25-28-9-7-6-8-10-28)38-24-36(39)37(45(38,40)41)19-20-46(3,4)5/h6-18,21,23H,19-20,22,24-26H2,1-5H3. The number of hydrogen-bond donors (Lipinski definition) is 0. The molecule has 46 heavy (non-hydrogen) atoms. The van der Waals surface area contributed by atoms with E-state index in [1.807, 2.05) is 85.8 Å². The molecule has 0 aromatic heterocycles. The molecule has 0 atom stereocenters. The number of benzene rings is 4. The van der Waals surface area contributed by atoms with Gasteiger partial charge in [0.2, 0.25) is 0 Å². The molecule has 1 saturated heterocycles. The van der Waals surface area contributed by atoms with Gasteiger partial charge in [-0.15, -0.1) is 0 Å². The molecule has 0 aliphatic carbocycles. The van der Waals surface area contributed by atoms with E-state index in [-0.39, 0.29) is 19.7 Å². The molecule has 4 aromatic carbocycles. The lowest BCUT2D eigenvalue weighted by atomic mass is 10.0. The summed E-state index contributed by atoms with van der Waals surface area (Å²) in [7, 11) is -3.99. The predicted molar refractivity (Wildman–Crippen MR) is 185 cm³/mol. The van der Waals surface area contributed by atoms with Crippen molar-refractivity contribution in [2.75, 3.05) is 24.5 Å². The molecule has 0 saturated carbocycles. The number of carbonyl (C=O) groups excluding carboxylic acids is 1. The molecular formula is C36H42N2O6SSi. The Morgan fingerprint density at radius 3 is 2.11 bits per heavy atom. The van der Waals surface area contributed by atoms with E-state index in [0.29, 0.717) is 30.5 Å². The molecule has 242 valence electrons. The Morgan fingerprint density at radius 2 is 1.43 bits per heavy atom. The van der Waals surface area contributed by atoms with Crippen LogP contribution in [0.1, 0.15) is 27.8 Å². The number of ether oxygens (including phenoxy) is 3. The number of hydrogen-bond acceptors (Lipinski definition) is 6. The van der Waals surface area contributed by atoms with Crippen LogP contribution in [-0.2, 0) is 34.6 Å². The van der Waals surface area contributed by atoms with Crippen molar-refractivity contribution >= 4 is 29.9 Å². The van der Waals surface area contributed by atoms with Crippen LogP contribution in [0.3, 0.4) is 0 Å². The molecule has 1 aliphatic heterocycles. The molecule has 1 amide bonds. The fourth-order valence-electron chi connectivity index (χ4n) is 5.23. The number of rotatable bonds is 13. The summed E-state index contributed by atoms with van der Waals surface area (Å²) in [4.78, 5) is 13.0. The van der Waals surface area contributed by atoms with E-state index in [9.17, 15) is 13.2 Å². The smallest absolute Gasteiger partial charge is 0.329 e. The summed E-state index contributed by atoms with van der Waals surface area (Å²) in [6, 6.07) is 29.8. The van der Waals surface area contributed by atoms with Crippen LogP contribution in [0.5, 0.6) is 17.2 Å². The molecule has 5 rings (SSSR count). The Hall–Kier alpha value is -4.28. The second kappa shape index (κ2) is 14.0. The van der Waals surface area contributed by atoms with E-state index in [2.05, 4.69) is 25.7 Å². The van der Waals surface area contributed by atoms with Gasteiger partial charge in [-0.2, -0.15) is 8.42 Å². The van der Waals surface area contributed by atoms with Gasteiger partial charge in [0.1, 0.15) is 37.0 Å². The second-order valence-corrected chi connectivity index (χ2v) is 20.2. The number of amides is 1. The molecule has 0 unspecified atom stereocenters. The quantitative estimate of drug-likeness (QED) is 0.144. The Balaban J connectivity index is 1.43. The first-order valence-corrected chi connectivity index (χ1v) is 20.5. The van der Waals surface area contributed by atoms with Gasteiger partial charge in [0.25, 0.3) is 5.91 Å². The van der Waals surface area contributed by atoms with E-state index in [4.69, 9.17) is 14.2 Å². The third-order valence-electron chi connectivity index (χ3n) is 7.87. The van der Waals surface area contributed by atoms with E-state index >= 15 is 0 Å². The number of nitrogens with zero attached hydrogens (tertiary/aromatic N) is 2. The Morgan fingerprint density at radius 1 is 0.783 bits per heavy atom. The average molecular weight is 659 g/mol. The monoisotopic (exact) mass is 658 g/mol. The fraction of sp³-hybridized carbons (Fsp3) is 0.306. The van der Waals surface area contributed by atoms with Gasteiger partial charge < -0.3 is 14.2 Å². The minimum absolute atomic E-state index is 0.193. The lowest BCUT2D eigenvalue weighted by Crippen LogP contribution is -2.37. The van der Waals surface area contributed by atoms with Crippen LogP contribution in [0.15, 0.2) is 91.0 Å². The minimum Gasteiger partial charge on any atom is -0.497 e. The van der Waals surface area contributed by atoms with E-state index in [1.165, 1.54) is 4.31 Å². The van der Waals surface area contributed by atoms with Gasteiger partial charge in [0, 0.05) is 21.0 Å². The highest BCUT2D eigenvalue weighted by atomic mass is 32.2. The normalized spacial score (nSPS) is 14.4. The first-order chi connectivity index (χ1) is 21.9. The van der Waals surface area contributed by atoms with Crippen LogP contribution >= 0.6 is 0 Å². The minimum atomic E-state index is -4.05. The zero-order chi connectivity index (χ0) is 32.9. The molecule has 0 N–H and O–H groups in total. The van der Waals surface area contributed by atoms with E-state index in [0.717, 1.165) is 43.6 Å². The Labute approximate surface area is 273 Å². The molecule has 0 bridgehead atoms. The topological polar surface area (TPSA) is 85.4 Å². The maximum absolute atomic E-state index is 13.7. The van der Waals surface area contributed by atoms with E-state index in [1.54, 1.807) is 13.2 Å². The first-order valence-electron chi connectivity index (χ1n) is 15.4. The van der Waals surface area contributed by atoms with Crippen molar-refractivity contribution in [3.63, 3.8) is 0 Å². The SMILES string of the molecule is COc1ccc(COc2ccc(C)cc2Cc2ccc(N3CC(=O)N(CC[Si](C)(C)C)S3(=O)=O)c(OCc3ccccc3)c2)cc1. The molecule has 1 heterocycles. The van der Waals surface area contributed by atoms with Crippen LogP contribution in [0, 0.1) is 6.92 Å². The van der Waals surface area contributed by atoms with Crippen molar-refractivity contribution in [3.05, 3.63) is 119 Å². The number of anilines is 1. The van der Waals surface area contributed by atoms with Crippen LogP contribution in [0.2, 0.25) is 25.7 Å². The summed E-state index contributed by atoms with van der Waals surface area (Å²) in [5.74, 6) is 1.54. The summed E-state index contributed by atoms with van der Waals surface area (Å²) < 4.78 is 47.4. The highest BCUT2D eigenvalue weighted by molar-refractivity contribution is 7.91. The van der Waals surface area contributed by atoms with Crippen molar-refractivity contribution in [1.29, 1.82) is 0 Å². The summed E-state index contributed by atoms with van der Waals surface area (Å²) in [5.41, 5.74) is 5.34. The maximum Gasteiger partial charge on any atom is 0.329 e. The summed E-state index contributed by atoms with van der Waals surface area (Å²) in [6.45, 7) is 9.12. The third kappa shape index (κ3) is 8.10. The zero-order valence-corrected chi connectivity index (χ0v) is 29.0. The largest absolute Gasteiger partial charge is 0.497 e. The van der Waals surface area contributed by atoms with Gasteiger partial charge in [-0.3, -0.25) is 4.79 Å². The van der Waals surface area contributed by atoms with Gasteiger partial charge in [0.15, 0.2) is 0 Å². The van der Waals surface area contributed by atoms with Gasteiger partial charge >= 0.3 is 10.2 Å². The molecule has 10 heteroatoms. The second-order valence-electron chi connectivity index (χ2n) is 12.8. The molecule has 1 aliphatic rings. The molecule has 4 aromatic rings. The van der Waals surface area contributed by atoms with E-state index < -0.39 is 24.2 Å². The van der Waals surface area contributed by atoms with Gasteiger partial charge in [-0.1, -0.05) is 85.9 Å². The number of methoxy groups -OCH3 is 1. The summed E-state index contributed by atoms with van der Waals surface area (Å²) in [5, 5.41) is 0. The average Bonchev–Trinajstić information content (AvgIpc) is 3.25. The molecule has 1 fully saturated rings. The van der Waals surface area contributed by atoms with Crippen molar-refractivity contribution in [1.82, 2.24) is 4.31 Å². The van der Waals surface area contributed by atoms with Gasteiger partial charge in [0.05, 0.1) is 12.8 Å². The van der Waals surface area contributed by atoms with Crippen LogP contribution < -0.4 is 18.5 Å². The number of carbonyl (C=O) groups is 1. The van der Waals surface area contributed by atoms with Crippen LogP contribution in [0.25, 0.3) is 0 Å². The van der Waals surface area contributed by atoms with Gasteiger partial charge in [-0.05, 0) is 65.6 Å². The Kier molecular flexibility index (Phi) is 10.1. The Bertz CT molecular complexity index is 1770. The van der Waals surface area contributed by atoms with Crippen molar-refractivity contribution in [2.45, 2.75) is 52.2 Å². The molecular weight excluding hydrogens is 617 g/mol. The first kappa shape index (κ1) is 33.1. The highest BCUT2D eigenvalue weighted by Gasteiger charge is 2.44. The van der Waals surface area contributed by atoms with Crippen LogP contribution in [-0.4, -0.2) is 46.9 Å². The summed E-state index contributed by atoms with van der Waals surface area (Å²) >= 11 is 0. The number of aryl methyl sites for hydroxylation is 1. The fourth-order valence-corrected chi connectivity index (χ4v) is 7.84. The highest BCUT2D eigenvalue weighted by Crippen LogP contribution is 2.37. The maximum atomic E-state index is 13.7. The molecule has 0 spiro atoms. The van der Waals surface area contributed by atoms with Crippen molar-refractivity contribution in [2.24, 2.45) is 0 Å². The summed E-state index contributed by atoms with van der Waals surface area (Å²) in [6.07, 6.45) is 0.537. The predicted octanol–water partition coefficient (Wildman–Crippen LogP) is 6.98. The lowest BCUT2D eigenvalue weighted by molar-refractivity contribution is -0.123. The van der Waals surface area contributed by atoms with Crippen molar-refractivity contribution < 1.29 is 27.4 Å². The third-order valence-corrected chi connectivity index (χ3v) is 11.4. The molecule has 8 nitrogen and oxygen atoms in total. The van der Waals surface area contributed by atoms with Crippen molar-refractivity contribution in [3.8, 4) is 17.2 Å². The van der Waals surface area contributed by atoms with Crippen LogP contribution in [0.4, 0.5) is 5.69 Å². The molecule has 0 radical (unpaired) electrons. The van der Waals surface area contributed by atoms with Gasteiger partial charge in [-0.25, -0.2) is 8.61 Å². The lowest BCUT2D eigenvalue weighted by Gasteiger charge is -2.24.